The van der Waals surface area contributed by atoms with Crippen molar-refractivity contribution in [3.8, 4) is 0 Å². The maximum atomic E-state index is 4.23. The zero-order valence-electron chi connectivity index (χ0n) is 7.00. The molecule has 0 unspecified atom stereocenters. The van der Waals surface area contributed by atoms with Crippen LogP contribution in [0, 0.1) is 0 Å². The van der Waals surface area contributed by atoms with Crippen LogP contribution in [-0.2, 0) is 13.6 Å². The number of nitrogens with zero attached hydrogens (tertiary/aromatic N) is 3. The number of imidazole rings is 1. The zero-order chi connectivity index (χ0) is 8.43. The van der Waals surface area contributed by atoms with Crippen molar-refractivity contribution >= 4 is 15.9 Å². The second-order valence-corrected chi connectivity index (χ2v) is 3.61. The van der Waals surface area contributed by atoms with Gasteiger partial charge in [-0.2, -0.15) is 0 Å². The van der Waals surface area contributed by atoms with Crippen LogP contribution in [0.25, 0.3) is 0 Å². The van der Waals surface area contributed by atoms with Gasteiger partial charge >= 0.3 is 0 Å². The van der Waals surface area contributed by atoms with E-state index in [1.165, 1.54) is 0 Å². The van der Waals surface area contributed by atoms with Gasteiger partial charge in [-0.05, 0) is 30.0 Å². The highest BCUT2D eigenvalue weighted by Gasteiger charge is 2.03. The van der Waals surface area contributed by atoms with Crippen molar-refractivity contribution in [3.63, 3.8) is 0 Å². The van der Waals surface area contributed by atoms with E-state index in [0.717, 1.165) is 17.0 Å². The number of hydrogen-bond acceptors (Lipinski definition) is 2. The van der Waals surface area contributed by atoms with E-state index in [-0.39, 0.29) is 0 Å². The summed E-state index contributed by atoms with van der Waals surface area (Å²) in [5.41, 5.74) is 0. The quantitative estimate of drug-likeness (QED) is 0.744. The first-order valence-electron chi connectivity index (χ1n) is 3.42. The SMILES string of the molecule is CN(C)Cc1ncc(Br)n1C. The van der Waals surface area contributed by atoms with Crippen LogP contribution < -0.4 is 0 Å². The lowest BCUT2D eigenvalue weighted by atomic mass is 10.5. The van der Waals surface area contributed by atoms with E-state index >= 15 is 0 Å². The molecule has 1 aromatic rings. The lowest BCUT2D eigenvalue weighted by Crippen LogP contribution is -2.14. The van der Waals surface area contributed by atoms with Crippen molar-refractivity contribution in [2.24, 2.45) is 7.05 Å². The second kappa shape index (κ2) is 3.36. The fraction of sp³-hybridized carbons (Fsp3) is 0.571. The fourth-order valence-electron chi connectivity index (χ4n) is 0.854. The summed E-state index contributed by atoms with van der Waals surface area (Å²) in [6.45, 7) is 0.877. The van der Waals surface area contributed by atoms with E-state index in [0.29, 0.717) is 0 Å². The maximum Gasteiger partial charge on any atom is 0.123 e. The molecule has 1 heterocycles. The molecule has 0 fully saturated rings. The molecule has 0 radical (unpaired) electrons. The average Bonchev–Trinajstić information content (AvgIpc) is 2.18. The van der Waals surface area contributed by atoms with Gasteiger partial charge in [0.25, 0.3) is 0 Å². The van der Waals surface area contributed by atoms with Gasteiger partial charge in [0.2, 0.25) is 0 Å². The van der Waals surface area contributed by atoms with Crippen LogP contribution in [0.5, 0.6) is 0 Å². The zero-order valence-corrected chi connectivity index (χ0v) is 8.59. The summed E-state index contributed by atoms with van der Waals surface area (Å²) in [6, 6.07) is 0. The number of hydrogen-bond donors (Lipinski definition) is 0. The maximum absolute atomic E-state index is 4.23. The lowest BCUT2D eigenvalue weighted by Gasteiger charge is -2.08. The third-order valence-corrected chi connectivity index (χ3v) is 2.22. The summed E-state index contributed by atoms with van der Waals surface area (Å²) in [4.78, 5) is 6.32. The molecule has 0 aliphatic rings. The van der Waals surface area contributed by atoms with Crippen molar-refractivity contribution < 1.29 is 0 Å². The monoisotopic (exact) mass is 217 g/mol. The predicted octanol–water partition coefficient (Wildman–Crippen LogP) is 1.24. The van der Waals surface area contributed by atoms with Crippen molar-refractivity contribution in [1.82, 2.24) is 14.5 Å². The minimum atomic E-state index is 0.877. The topological polar surface area (TPSA) is 21.1 Å². The Balaban J connectivity index is 2.79. The molecular weight excluding hydrogens is 206 g/mol. The smallest absolute Gasteiger partial charge is 0.123 e. The molecule has 62 valence electrons. The van der Waals surface area contributed by atoms with Gasteiger partial charge in [0.15, 0.2) is 0 Å². The van der Waals surface area contributed by atoms with Crippen LogP contribution in [0.3, 0.4) is 0 Å². The molecule has 0 aliphatic heterocycles. The number of halogens is 1. The highest BCUT2D eigenvalue weighted by molar-refractivity contribution is 9.10. The summed E-state index contributed by atoms with van der Waals surface area (Å²) >= 11 is 3.39. The summed E-state index contributed by atoms with van der Waals surface area (Å²) in [5.74, 6) is 1.07. The van der Waals surface area contributed by atoms with Gasteiger partial charge < -0.3 is 9.47 Å². The Labute approximate surface area is 75.2 Å². The normalized spacial score (nSPS) is 11.0. The third kappa shape index (κ3) is 2.04. The predicted molar refractivity (Wildman–Crippen MR) is 48.3 cm³/mol. The van der Waals surface area contributed by atoms with Crippen molar-refractivity contribution in [3.05, 3.63) is 16.6 Å². The Hall–Kier alpha value is -0.350. The van der Waals surface area contributed by atoms with E-state index in [4.69, 9.17) is 0 Å². The molecule has 1 aromatic heterocycles. The third-order valence-electron chi connectivity index (χ3n) is 1.49. The summed E-state index contributed by atoms with van der Waals surface area (Å²) < 4.78 is 3.05. The highest BCUT2D eigenvalue weighted by Crippen LogP contribution is 2.10. The number of rotatable bonds is 2. The first-order valence-corrected chi connectivity index (χ1v) is 4.21. The van der Waals surface area contributed by atoms with Gasteiger partial charge in [-0.25, -0.2) is 4.98 Å². The van der Waals surface area contributed by atoms with Crippen LogP contribution in [0.4, 0.5) is 0 Å². The van der Waals surface area contributed by atoms with Crippen molar-refractivity contribution in [1.29, 1.82) is 0 Å². The molecule has 0 bridgehead atoms. The lowest BCUT2D eigenvalue weighted by molar-refractivity contribution is 0.384. The standard InChI is InChI=1S/C7H12BrN3/c1-10(2)5-7-9-4-6(8)11(7)3/h4H,5H2,1-3H3. The van der Waals surface area contributed by atoms with Gasteiger partial charge in [0.1, 0.15) is 10.4 Å². The first kappa shape index (κ1) is 8.74. The van der Waals surface area contributed by atoms with Crippen LogP contribution >= 0.6 is 15.9 Å². The van der Waals surface area contributed by atoms with Gasteiger partial charge in [0, 0.05) is 7.05 Å². The Bertz CT molecular complexity index is 242. The number of aromatic nitrogens is 2. The largest absolute Gasteiger partial charge is 0.325 e. The molecule has 0 N–H and O–H groups in total. The minimum Gasteiger partial charge on any atom is -0.325 e. The Morgan fingerprint density at radius 3 is 2.64 bits per heavy atom. The van der Waals surface area contributed by atoms with Gasteiger partial charge in [-0.3, -0.25) is 0 Å². The Morgan fingerprint density at radius 2 is 2.27 bits per heavy atom. The molecule has 0 spiro atoms. The van der Waals surface area contributed by atoms with Crippen LogP contribution in [0.1, 0.15) is 5.82 Å². The summed E-state index contributed by atoms with van der Waals surface area (Å²) in [6.07, 6.45) is 1.82. The molecule has 0 aromatic carbocycles. The first-order chi connectivity index (χ1) is 5.11. The van der Waals surface area contributed by atoms with E-state index in [2.05, 4.69) is 25.8 Å². The molecule has 11 heavy (non-hydrogen) atoms. The van der Waals surface area contributed by atoms with E-state index in [9.17, 15) is 0 Å². The van der Waals surface area contributed by atoms with E-state index < -0.39 is 0 Å². The fourth-order valence-corrected chi connectivity index (χ4v) is 1.16. The molecule has 0 saturated carbocycles. The molecule has 1 rings (SSSR count). The van der Waals surface area contributed by atoms with Gasteiger partial charge in [-0.1, -0.05) is 0 Å². The average molecular weight is 218 g/mol. The molecular formula is C7H12BrN3. The molecule has 0 atom stereocenters. The molecule has 0 amide bonds. The van der Waals surface area contributed by atoms with Crippen molar-refractivity contribution in [2.45, 2.75) is 6.54 Å². The molecule has 0 saturated heterocycles. The summed E-state index contributed by atoms with van der Waals surface area (Å²) in [5, 5.41) is 0. The van der Waals surface area contributed by atoms with Crippen LogP contribution in [-0.4, -0.2) is 28.5 Å². The second-order valence-electron chi connectivity index (χ2n) is 2.79. The highest BCUT2D eigenvalue weighted by atomic mass is 79.9. The van der Waals surface area contributed by atoms with Crippen LogP contribution in [0.2, 0.25) is 0 Å². The minimum absolute atomic E-state index is 0.877. The van der Waals surface area contributed by atoms with Crippen LogP contribution in [0.15, 0.2) is 10.8 Å². The molecule has 0 aliphatic carbocycles. The van der Waals surface area contributed by atoms with E-state index in [1.54, 1.807) is 0 Å². The van der Waals surface area contributed by atoms with Crippen molar-refractivity contribution in [2.75, 3.05) is 14.1 Å². The van der Waals surface area contributed by atoms with Gasteiger partial charge in [0.05, 0.1) is 12.7 Å². The van der Waals surface area contributed by atoms with Gasteiger partial charge in [-0.15, -0.1) is 0 Å². The molecule has 4 heteroatoms. The molecule has 3 nitrogen and oxygen atoms in total. The Kier molecular flexibility index (Phi) is 2.67. The summed E-state index contributed by atoms with van der Waals surface area (Å²) in [7, 11) is 6.06. The Morgan fingerprint density at radius 1 is 1.64 bits per heavy atom. The van der Waals surface area contributed by atoms with E-state index in [1.807, 2.05) is 31.9 Å².